The molecular formula is C17H20FNO3. The molecule has 1 saturated carbocycles. The first-order valence-electron chi connectivity index (χ1n) is 7.97. The second-order valence-electron chi connectivity index (χ2n) is 6.58. The van der Waals surface area contributed by atoms with Crippen LogP contribution in [0.2, 0.25) is 0 Å². The quantitative estimate of drug-likeness (QED) is 0.634. The Morgan fingerprint density at radius 2 is 2.00 bits per heavy atom. The van der Waals surface area contributed by atoms with Crippen molar-refractivity contribution in [3.8, 4) is 0 Å². The number of halogens is 1. The van der Waals surface area contributed by atoms with Gasteiger partial charge >= 0.3 is 5.97 Å². The molecule has 2 bridgehead atoms. The van der Waals surface area contributed by atoms with Crippen LogP contribution < -0.4 is 0 Å². The molecule has 4 nitrogen and oxygen atoms in total. The third-order valence-electron chi connectivity index (χ3n) is 5.40. The molecule has 0 N–H and O–H groups in total. The van der Waals surface area contributed by atoms with Gasteiger partial charge in [-0.2, -0.15) is 0 Å². The summed E-state index contributed by atoms with van der Waals surface area (Å²) in [6.07, 6.45) is 2.09. The van der Waals surface area contributed by atoms with E-state index in [0.29, 0.717) is 19.6 Å². The topological polar surface area (TPSA) is 38.8 Å². The molecule has 5 rings (SSSR count). The molecule has 0 aromatic heterocycles. The molecule has 0 amide bonds. The number of rotatable bonds is 3. The molecule has 4 aliphatic rings. The Morgan fingerprint density at radius 1 is 1.27 bits per heavy atom. The summed E-state index contributed by atoms with van der Waals surface area (Å²) in [5, 5.41) is 0.822. The summed E-state index contributed by atoms with van der Waals surface area (Å²) >= 11 is 0. The summed E-state index contributed by atoms with van der Waals surface area (Å²) in [4.78, 5) is 12.6. The Balaban J connectivity index is 1.54. The Hall–Kier alpha value is -1.46. The second kappa shape index (κ2) is 5.32. The van der Waals surface area contributed by atoms with Gasteiger partial charge in [0.2, 0.25) is 0 Å². The van der Waals surface area contributed by atoms with Crippen LogP contribution >= 0.6 is 0 Å². The molecule has 3 aliphatic heterocycles. The van der Waals surface area contributed by atoms with E-state index in [4.69, 9.17) is 9.47 Å². The average Bonchev–Trinajstić information content (AvgIpc) is 3.01. The number of hydrogen-bond donors (Lipinski definition) is 0. The van der Waals surface area contributed by atoms with Crippen molar-refractivity contribution in [3.05, 3.63) is 35.9 Å². The van der Waals surface area contributed by atoms with Crippen molar-refractivity contribution in [2.45, 2.75) is 36.8 Å². The highest BCUT2D eigenvalue weighted by Crippen LogP contribution is 2.58. The monoisotopic (exact) mass is 305 g/mol. The van der Waals surface area contributed by atoms with Crippen LogP contribution in [0, 0.1) is 5.92 Å². The molecule has 1 aliphatic carbocycles. The highest BCUT2D eigenvalue weighted by Gasteiger charge is 2.68. The lowest BCUT2D eigenvalue weighted by Gasteiger charge is -2.44. The van der Waals surface area contributed by atoms with E-state index in [2.05, 4.69) is 0 Å². The van der Waals surface area contributed by atoms with Gasteiger partial charge in [0.25, 0.3) is 0 Å². The van der Waals surface area contributed by atoms with E-state index in [1.165, 1.54) is 0 Å². The average molecular weight is 305 g/mol. The molecule has 3 saturated heterocycles. The van der Waals surface area contributed by atoms with Gasteiger partial charge < -0.3 is 9.47 Å². The minimum absolute atomic E-state index is 0.0814. The highest BCUT2D eigenvalue weighted by atomic mass is 19.2. The number of carbonyl (C=O) groups excluding carboxylic acids is 1. The van der Waals surface area contributed by atoms with Crippen LogP contribution in [-0.2, 0) is 19.7 Å². The van der Waals surface area contributed by atoms with E-state index < -0.39 is 5.41 Å². The van der Waals surface area contributed by atoms with E-state index in [0.717, 1.165) is 23.5 Å². The van der Waals surface area contributed by atoms with Crippen molar-refractivity contribution in [3.63, 3.8) is 0 Å². The van der Waals surface area contributed by atoms with Crippen molar-refractivity contribution in [2.75, 3.05) is 19.8 Å². The normalized spacial score (nSPS) is 35.1. The van der Waals surface area contributed by atoms with Gasteiger partial charge in [-0.05, 0) is 12.0 Å². The summed E-state index contributed by atoms with van der Waals surface area (Å²) in [5.41, 5.74) is 0.628. The SMILES string of the molecule is O=C(OC1CCOCC1)C1C2CC1(c1ccccc1)CN2F. The van der Waals surface area contributed by atoms with Crippen LogP contribution in [0.25, 0.3) is 0 Å². The number of hydrogen-bond acceptors (Lipinski definition) is 4. The molecule has 4 fully saturated rings. The van der Waals surface area contributed by atoms with Crippen molar-refractivity contribution >= 4 is 5.97 Å². The maximum Gasteiger partial charge on any atom is 0.311 e. The summed E-state index contributed by atoms with van der Waals surface area (Å²) in [7, 11) is 0. The maximum absolute atomic E-state index is 14.1. The van der Waals surface area contributed by atoms with Gasteiger partial charge in [0, 0.05) is 24.8 Å². The number of nitrogens with zero attached hydrogens (tertiary/aromatic N) is 1. The van der Waals surface area contributed by atoms with E-state index in [1.54, 1.807) is 0 Å². The smallest absolute Gasteiger partial charge is 0.311 e. The number of carbonyl (C=O) groups is 1. The molecule has 1 aromatic carbocycles. The molecule has 0 spiro atoms. The fourth-order valence-corrected chi connectivity index (χ4v) is 4.21. The molecule has 1 aromatic rings. The fraction of sp³-hybridized carbons (Fsp3) is 0.588. The Morgan fingerprint density at radius 3 is 2.68 bits per heavy atom. The third-order valence-corrected chi connectivity index (χ3v) is 5.40. The van der Waals surface area contributed by atoms with Gasteiger partial charge in [-0.15, -0.1) is 9.60 Å². The summed E-state index contributed by atoms with van der Waals surface area (Å²) in [5.74, 6) is -0.630. The number of ether oxygens (including phenoxy) is 2. The van der Waals surface area contributed by atoms with Crippen LogP contribution in [0.1, 0.15) is 24.8 Å². The summed E-state index contributed by atoms with van der Waals surface area (Å²) in [6, 6.07) is 9.48. The molecule has 3 unspecified atom stereocenters. The minimum atomic E-state index is -0.414. The fourth-order valence-electron chi connectivity index (χ4n) is 4.21. The lowest BCUT2D eigenvalue weighted by atomic mass is 9.57. The van der Waals surface area contributed by atoms with Gasteiger partial charge in [-0.1, -0.05) is 30.3 Å². The van der Waals surface area contributed by atoms with E-state index in [9.17, 15) is 9.28 Å². The van der Waals surface area contributed by atoms with E-state index >= 15 is 0 Å². The van der Waals surface area contributed by atoms with Crippen LogP contribution in [0.4, 0.5) is 4.48 Å². The molecule has 118 valence electrons. The maximum atomic E-state index is 14.1. The van der Waals surface area contributed by atoms with Crippen LogP contribution in [0.15, 0.2) is 30.3 Å². The van der Waals surface area contributed by atoms with Gasteiger partial charge in [0.15, 0.2) is 0 Å². The molecule has 3 atom stereocenters. The van der Waals surface area contributed by atoms with Crippen LogP contribution in [0.3, 0.4) is 0 Å². The van der Waals surface area contributed by atoms with E-state index in [-0.39, 0.29) is 30.6 Å². The first-order valence-corrected chi connectivity index (χ1v) is 7.97. The largest absolute Gasteiger partial charge is 0.462 e. The standard InChI is InChI=1S/C17H20FNO3/c18-19-11-17(12-4-2-1-3-5-12)10-14(19)15(17)16(20)22-13-6-8-21-9-7-13/h1-5,13-15H,6-11H2. The molecule has 3 heterocycles. The predicted octanol–water partition coefficient (Wildman–Crippen LogP) is 2.24. The van der Waals surface area contributed by atoms with Gasteiger partial charge in [-0.3, -0.25) is 4.79 Å². The highest BCUT2D eigenvalue weighted by molar-refractivity contribution is 5.78. The van der Waals surface area contributed by atoms with Crippen molar-refractivity contribution in [2.24, 2.45) is 5.92 Å². The first kappa shape index (κ1) is 14.2. The lowest BCUT2D eigenvalue weighted by Crippen LogP contribution is -2.54. The van der Waals surface area contributed by atoms with Crippen molar-refractivity contribution < 1.29 is 18.7 Å². The zero-order chi connectivity index (χ0) is 15.2. The molecule has 5 heteroatoms. The van der Waals surface area contributed by atoms with Crippen LogP contribution in [-0.4, -0.2) is 43.0 Å². The van der Waals surface area contributed by atoms with E-state index in [1.807, 2.05) is 30.3 Å². The lowest BCUT2D eigenvalue weighted by molar-refractivity contribution is -0.167. The second-order valence-corrected chi connectivity index (χ2v) is 6.58. The van der Waals surface area contributed by atoms with Crippen LogP contribution in [0.5, 0.6) is 0 Å². The Bertz CT molecular complexity index is 560. The Labute approximate surface area is 129 Å². The predicted molar refractivity (Wildman–Crippen MR) is 77.8 cm³/mol. The summed E-state index contributed by atoms with van der Waals surface area (Å²) in [6.45, 7) is 1.55. The zero-order valence-corrected chi connectivity index (χ0v) is 12.4. The molecular weight excluding hydrogens is 285 g/mol. The molecule has 22 heavy (non-hydrogen) atoms. The van der Waals surface area contributed by atoms with Gasteiger partial charge in [0.1, 0.15) is 6.10 Å². The third kappa shape index (κ3) is 2.07. The number of fused-ring (bicyclic) bond motifs is 1. The molecule has 0 radical (unpaired) electrons. The first-order chi connectivity index (χ1) is 10.7. The van der Waals surface area contributed by atoms with Crippen molar-refractivity contribution in [1.82, 2.24) is 5.12 Å². The number of esters is 1. The minimum Gasteiger partial charge on any atom is -0.462 e. The Kier molecular flexibility index (Phi) is 3.42. The van der Waals surface area contributed by atoms with Gasteiger partial charge in [0.05, 0.1) is 25.2 Å². The zero-order valence-electron chi connectivity index (χ0n) is 12.4. The van der Waals surface area contributed by atoms with Gasteiger partial charge in [-0.25, -0.2) is 0 Å². The summed E-state index contributed by atoms with van der Waals surface area (Å²) < 4.78 is 25.0. The van der Waals surface area contributed by atoms with Crippen molar-refractivity contribution in [1.29, 1.82) is 0 Å². The number of benzene rings is 1.